The van der Waals surface area contributed by atoms with E-state index < -0.39 is 0 Å². The number of carbonyl (C=O) groups excluding carboxylic acids is 2. The van der Waals surface area contributed by atoms with Gasteiger partial charge in [0.2, 0.25) is 5.91 Å². The summed E-state index contributed by atoms with van der Waals surface area (Å²) in [6, 6.07) is 0. The van der Waals surface area contributed by atoms with Gasteiger partial charge in [-0.15, -0.1) is 0 Å². The third kappa shape index (κ3) is 2.73. The first kappa shape index (κ1) is 12.3. The molecule has 0 spiro atoms. The lowest BCUT2D eigenvalue weighted by Crippen LogP contribution is -2.37. The lowest BCUT2D eigenvalue weighted by Gasteiger charge is -2.18. The quantitative estimate of drug-likeness (QED) is 0.736. The van der Waals surface area contributed by atoms with Gasteiger partial charge < -0.3 is 15.5 Å². The minimum atomic E-state index is -0.262. The predicted molar refractivity (Wildman–Crippen MR) is 65.1 cm³/mol. The third-order valence-corrected chi connectivity index (χ3v) is 2.68. The van der Waals surface area contributed by atoms with Crippen molar-refractivity contribution >= 4 is 17.6 Å². The summed E-state index contributed by atoms with van der Waals surface area (Å²) in [6.45, 7) is 1.23. The smallest absolute Gasteiger partial charge is 0.274 e. The molecule has 2 rings (SSSR count). The first-order chi connectivity index (χ1) is 8.70. The third-order valence-electron chi connectivity index (χ3n) is 2.68. The number of aromatic nitrogens is 2. The summed E-state index contributed by atoms with van der Waals surface area (Å²) < 4.78 is 0. The average Bonchev–Trinajstić information content (AvgIpc) is 2.63. The van der Waals surface area contributed by atoms with Crippen LogP contribution in [0.3, 0.4) is 0 Å². The van der Waals surface area contributed by atoms with Crippen LogP contribution in [0.25, 0.3) is 0 Å². The van der Waals surface area contributed by atoms with Crippen LogP contribution in [0.5, 0.6) is 0 Å². The Labute approximate surface area is 105 Å². The zero-order valence-electron chi connectivity index (χ0n) is 10.1. The summed E-state index contributed by atoms with van der Waals surface area (Å²) >= 11 is 0. The molecule has 2 amide bonds. The fourth-order valence-electron chi connectivity index (χ4n) is 1.71. The molecule has 0 saturated carbocycles. The number of nitrogens with one attached hydrogen (secondary N) is 2. The highest BCUT2D eigenvalue weighted by Gasteiger charge is 2.21. The van der Waals surface area contributed by atoms with Crippen LogP contribution >= 0.6 is 0 Å². The summed E-state index contributed by atoms with van der Waals surface area (Å²) in [6.07, 6.45) is 3.65. The molecule has 0 atom stereocenters. The largest absolute Gasteiger partial charge is 0.372 e. The van der Waals surface area contributed by atoms with E-state index in [0.717, 1.165) is 6.42 Å². The first-order valence-electron chi connectivity index (χ1n) is 5.76. The zero-order valence-corrected chi connectivity index (χ0v) is 10.1. The molecule has 1 aliphatic rings. The molecular formula is C11H15N5O2. The standard InChI is InChI=1S/C11H15N5O2/c1-12-9-6-14-8(5-15-9)11(18)16-4-2-3-13-10(17)7-16/h5-6H,2-4,7H2,1H3,(H,12,15)(H,13,17). The maximum Gasteiger partial charge on any atom is 0.274 e. The van der Waals surface area contributed by atoms with Crippen LogP contribution in [-0.2, 0) is 4.79 Å². The topological polar surface area (TPSA) is 87.2 Å². The number of nitrogens with zero attached hydrogens (tertiary/aromatic N) is 3. The van der Waals surface area contributed by atoms with Crippen molar-refractivity contribution in [2.24, 2.45) is 0 Å². The molecule has 1 aromatic rings. The molecular weight excluding hydrogens is 234 g/mol. The second-order valence-electron chi connectivity index (χ2n) is 3.97. The molecule has 7 nitrogen and oxygen atoms in total. The molecule has 1 fully saturated rings. The normalized spacial score (nSPS) is 15.8. The van der Waals surface area contributed by atoms with Crippen LogP contribution in [0, 0.1) is 0 Å². The Balaban J connectivity index is 2.11. The molecule has 7 heteroatoms. The highest BCUT2D eigenvalue weighted by Crippen LogP contribution is 2.05. The van der Waals surface area contributed by atoms with Gasteiger partial charge >= 0.3 is 0 Å². The molecule has 18 heavy (non-hydrogen) atoms. The number of amides is 2. The SMILES string of the molecule is CNc1cnc(C(=O)N2CCCNC(=O)C2)cn1. The van der Waals surface area contributed by atoms with Crippen molar-refractivity contribution in [3.8, 4) is 0 Å². The zero-order chi connectivity index (χ0) is 13.0. The van der Waals surface area contributed by atoms with Crippen LogP contribution in [0.4, 0.5) is 5.82 Å². The van der Waals surface area contributed by atoms with Gasteiger partial charge in [-0.1, -0.05) is 0 Å². The molecule has 1 aliphatic heterocycles. The highest BCUT2D eigenvalue weighted by atomic mass is 16.2. The van der Waals surface area contributed by atoms with Gasteiger partial charge in [0.05, 0.1) is 18.9 Å². The summed E-state index contributed by atoms with van der Waals surface area (Å²) in [5.41, 5.74) is 0.253. The molecule has 1 aromatic heterocycles. The van der Waals surface area contributed by atoms with E-state index in [1.54, 1.807) is 7.05 Å². The van der Waals surface area contributed by atoms with Crippen molar-refractivity contribution in [2.75, 3.05) is 32.0 Å². The highest BCUT2D eigenvalue weighted by molar-refractivity contribution is 5.94. The van der Waals surface area contributed by atoms with Crippen molar-refractivity contribution in [3.63, 3.8) is 0 Å². The number of hydrogen-bond acceptors (Lipinski definition) is 5. The number of carbonyl (C=O) groups is 2. The van der Waals surface area contributed by atoms with Crippen molar-refractivity contribution in [1.82, 2.24) is 20.2 Å². The summed E-state index contributed by atoms with van der Waals surface area (Å²) in [5.74, 6) is 0.197. The fourth-order valence-corrected chi connectivity index (χ4v) is 1.71. The minimum absolute atomic E-state index is 0.0777. The van der Waals surface area contributed by atoms with Gasteiger partial charge in [0.25, 0.3) is 5.91 Å². The Kier molecular flexibility index (Phi) is 3.71. The van der Waals surface area contributed by atoms with Gasteiger partial charge in [0, 0.05) is 20.1 Å². The maximum absolute atomic E-state index is 12.1. The van der Waals surface area contributed by atoms with Crippen molar-refractivity contribution < 1.29 is 9.59 Å². The molecule has 96 valence electrons. The Morgan fingerprint density at radius 1 is 1.44 bits per heavy atom. The molecule has 0 unspecified atom stereocenters. The number of rotatable bonds is 2. The molecule has 0 radical (unpaired) electrons. The number of hydrogen-bond donors (Lipinski definition) is 2. The lowest BCUT2D eigenvalue weighted by molar-refractivity contribution is -0.121. The van der Waals surface area contributed by atoms with E-state index in [-0.39, 0.29) is 24.1 Å². The first-order valence-corrected chi connectivity index (χ1v) is 5.76. The Hall–Kier alpha value is -2.18. The van der Waals surface area contributed by atoms with Gasteiger partial charge in [0.15, 0.2) is 0 Å². The molecule has 0 bridgehead atoms. The molecule has 0 aliphatic carbocycles. The number of anilines is 1. The van der Waals surface area contributed by atoms with Crippen LogP contribution in [-0.4, -0.2) is 53.4 Å². The lowest BCUT2D eigenvalue weighted by atomic mass is 10.3. The van der Waals surface area contributed by atoms with Gasteiger partial charge in [-0.3, -0.25) is 9.59 Å². The second-order valence-corrected chi connectivity index (χ2v) is 3.97. The summed E-state index contributed by atoms with van der Waals surface area (Å²) in [5, 5.41) is 5.55. The van der Waals surface area contributed by atoms with E-state index in [2.05, 4.69) is 20.6 Å². The van der Waals surface area contributed by atoms with Crippen molar-refractivity contribution in [3.05, 3.63) is 18.1 Å². The Morgan fingerprint density at radius 3 is 2.94 bits per heavy atom. The molecule has 1 saturated heterocycles. The molecule has 0 aromatic carbocycles. The maximum atomic E-state index is 12.1. The Bertz CT molecular complexity index is 445. The summed E-state index contributed by atoms with van der Waals surface area (Å²) in [7, 11) is 1.73. The van der Waals surface area contributed by atoms with Crippen LogP contribution in [0.15, 0.2) is 12.4 Å². The van der Waals surface area contributed by atoms with Crippen LogP contribution < -0.4 is 10.6 Å². The van der Waals surface area contributed by atoms with E-state index >= 15 is 0 Å². The van der Waals surface area contributed by atoms with E-state index in [9.17, 15) is 9.59 Å². The predicted octanol–water partition coefficient (Wildman–Crippen LogP) is -0.520. The van der Waals surface area contributed by atoms with E-state index in [4.69, 9.17) is 0 Å². The minimum Gasteiger partial charge on any atom is -0.372 e. The molecule has 2 N–H and O–H groups in total. The van der Waals surface area contributed by atoms with Crippen molar-refractivity contribution in [2.45, 2.75) is 6.42 Å². The van der Waals surface area contributed by atoms with Crippen molar-refractivity contribution in [1.29, 1.82) is 0 Å². The van der Waals surface area contributed by atoms with Crippen LogP contribution in [0.2, 0.25) is 0 Å². The fraction of sp³-hybridized carbons (Fsp3) is 0.455. The second kappa shape index (κ2) is 5.44. The van der Waals surface area contributed by atoms with Gasteiger partial charge in [-0.05, 0) is 6.42 Å². The van der Waals surface area contributed by atoms with Gasteiger partial charge in [-0.25, -0.2) is 9.97 Å². The van der Waals surface area contributed by atoms with E-state index in [0.29, 0.717) is 18.9 Å². The van der Waals surface area contributed by atoms with Crippen LogP contribution in [0.1, 0.15) is 16.9 Å². The van der Waals surface area contributed by atoms with Gasteiger partial charge in [0.1, 0.15) is 11.5 Å². The van der Waals surface area contributed by atoms with E-state index in [1.807, 2.05) is 0 Å². The Morgan fingerprint density at radius 2 is 2.28 bits per heavy atom. The van der Waals surface area contributed by atoms with E-state index in [1.165, 1.54) is 17.3 Å². The average molecular weight is 249 g/mol. The van der Waals surface area contributed by atoms with Gasteiger partial charge in [-0.2, -0.15) is 0 Å². The molecule has 2 heterocycles. The monoisotopic (exact) mass is 249 g/mol. The summed E-state index contributed by atoms with van der Waals surface area (Å²) in [4.78, 5) is 33.1.